The van der Waals surface area contributed by atoms with Crippen molar-refractivity contribution < 1.29 is 4.74 Å². The number of unbranched alkanes of at least 4 members (excludes halogenated alkanes) is 1. The van der Waals surface area contributed by atoms with E-state index in [0.717, 1.165) is 44.8 Å². The molecule has 4 nitrogen and oxygen atoms in total. The summed E-state index contributed by atoms with van der Waals surface area (Å²) in [6.07, 6.45) is 8.23. The molecule has 4 heteroatoms. The maximum absolute atomic E-state index is 5.99. The molecule has 29 heavy (non-hydrogen) atoms. The standard InChI is InChI=1S/C25H33N3O/c1-20-8-7-9-22-16-24(12-13-25(20)22)29-15-6-5-14-26-17-21-18-27-28(19-21)23-10-3-2-4-11-23/h2-4,10-13,16,19-20,26-27H,5-9,14-15,17-18H2,1H3. The van der Waals surface area contributed by atoms with Gasteiger partial charge >= 0.3 is 0 Å². The van der Waals surface area contributed by atoms with Crippen molar-refractivity contribution in [1.82, 2.24) is 10.7 Å². The van der Waals surface area contributed by atoms with E-state index >= 15 is 0 Å². The first-order valence-electron chi connectivity index (χ1n) is 11.0. The van der Waals surface area contributed by atoms with E-state index < -0.39 is 0 Å². The fraction of sp³-hybridized carbons (Fsp3) is 0.440. The summed E-state index contributed by atoms with van der Waals surface area (Å²) in [6.45, 7) is 5.99. The van der Waals surface area contributed by atoms with Crippen LogP contribution in [0.1, 0.15) is 49.7 Å². The molecule has 1 aliphatic carbocycles. The first-order valence-corrected chi connectivity index (χ1v) is 11.0. The van der Waals surface area contributed by atoms with Crippen LogP contribution < -0.4 is 20.5 Å². The van der Waals surface area contributed by atoms with E-state index in [0.29, 0.717) is 5.92 Å². The van der Waals surface area contributed by atoms with Gasteiger partial charge in [-0.15, -0.1) is 0 Å². The highest BCUT2D eigenvalue weighted by molar-refractivity contribution is 5.50. The normalized spacial score (nSPS) is 18.4. The van der Waals surface area contributed by atoms with Gasteiger partial charge in [-0.05, 0) is 85.5 Å². The zero-order valence-electron chi connectivity index (χ0n) is 17.5. The summed E-state index contributed by atoms with van der Waals surface area (Å²) in [4.78, 5) is 0. The number of aryl methyl sites for hydroxylation is 1. The molecule has 0 fully saturated rings. The van der Waals surface area contributed by atoms with Gasteiger partial charge in [0.2, 0.25) is 0 Å². The molecule has 2 aromatic carbocycles. The number of hydrogen-bond donors (Lipinski definition) is 2. The summed E-state index contributed by atoms with van der Waals surface area (Å²) in [5.74, 6) is 1.73. The van der Waals surface area contributed by atoms with Gasteiger partial charge in [0, 0.05) is 19.3 Å². The van der Waals surface area contributed by atoms with Crippen LogP contribution in [0.3, 0.4) is 0 Å². The van der Waals surface area contributed by atoms with E-state index in [9.17, 15) is 0 Å². The summed E-state index contributed by atoms with van der Waals surface area (Å²) in [7, 11) is 0. The van der Waals surface area contributed by atoms with Crippen molar-refractivity contribution in [3.63, 3.8) is 0 Å². The highest BCUT2D eigenvalue weighted by Crippen LogP contribution is 2.33. The van der Waals surface area contributed by atoms with Crippen LogP contribution in [0.5, 0.6) is 5.75 Å². The Labute approximate surface area is 174 Å². The van der Waals surface area contributed by atoms with Crippen LogP contribution in [0, 0.1) is 0 Å². The zero-order valence-corrected chi connectivity index (χ0v) is 17.5. The minimum absolute atomic E-state index is 0.698. The van der Waals surface area contributed by atoms with Gasteiger partial charge in [0.25, 0.3) is 0 Å². The molecule has 1 heterocycles. The van der Waals surface area contributed by atoms with Gasteiger partial charge in [0.1, 0.15) is 5.75 Å². The molecule has 0 bridgehead atoms. The van der Waals surface area contributed by atoms with E-state index in [1.807, 2.05) is 6.07 Å². The van der Waals surface area contributed by atoms with E-state index in [4.69, 9.17) is 4.74 Å². The number of para-hydroxylation sites is 1. The molecule has 0 aromatic heterocycles. The molecule has 0 saturated heterocycles. The molecule has 0 spiro atoms. The van der Waals surface area contributed by atoms with Crippen molar-refractivity contribution in [3.8, 4) is 5.75 Å². The molecule has 2 aliphatic rings. The number of hydrogen-bond acceptors (Lipinski definition) is 4. The SMILES string of the molecule is CC1CCCc2cc(OCCCCNCC3=CN(c4ccccc4)NC3)ccc21. The third kappa shape index (κ3) is 5.40. The second kappa shape index (κ2) is 9.95. The third-order valence-corrected chi connectivity index (χ3v) is 5.92. The number of ether oxygens (including phenoxy) is 1. The van der Waals surface area contributed by atoms with Crippen LogP contribution in [-0.4, -0.2) is 26.2 Å². The van der Waals surface area contributed by atoms with Gasteiger partial charge in [-0.25, -0.2) is 5.43 Å². The molecule has 154 valence electrons. The molecule has 0 saturated carbocycles. The highest BCUT2D eigenvalue weighted by Gasteiger charge is 2.16. The average Bonchev–Trinajstić information content (AvgIpc) is 3.23. The quantitative estimate of drug-likeness (QED) is 0.603. The monoisotopic (exact) mass is 391 g/mol. The maximum Gasteiger partial charge on any atom is 0.119 e. The fourth-order valence-corrected chi connectivity index (χ4v) is 4.24. The zero-order chi connectivity index (χ0) is 19.9. The molecule has 2 N–H and O–H groups in total. The first kappa shape index (κ1) is 20.0. The van der Waals surface area contributed by atoms with Crippen molar-refractivity contribution >= 4 is 5.69 Å². The van der Waals surface area contributed by atoms with Gasteiger partial charge in [-0.3, -0.25) is 5.01 Å². The van der Waals surface area contributed by atoms with Crippen LogP contribution in [0.15, 0.2) is 60.3 Å². The molecular weight excluding hydrogens is 358 g/mol. The molecule has 0 radical (unpaired) electrons. The molecule has 1 atom stereocenters. The van der Waals surface area contributed by atoms with Gasteiger partial charge in [0.15, 0.2) is 0 Å². The van der Waals surface area contributed by atoms with Gasteiger partial charge in [0.05, 0.1) is 12.3 Å². The number of benzene rings is 2. The molecule has 1 unspecified atom stereocenters. The molecule has 2 aromatic rings. The summed E-state index contributed by atoms with van der Waals surface area (Å²) in [5.41, 5.74) is 8.98. The van der Waals surface area contributed by atoms with E-state index in [1.165, 1.54) is 41.6 Å². The molecule has 4 rings (SSSR count). The van der Waals surface area contributed by atoms with E-state index in [1.54, 1.807) is 0 Å². The maximum atomic E-state index is 5.99. The van der Waals surface area contributed by atoms with Crippen LogP contribution in [0.2, 0.25) is 0 Å². The Morgan fingerprint density at radius 1 is 1.14 bits per heavy atom. The van der Waals surface area contributed by atoms with E-state index in [-0.39, 0.29) is 0 Å². The number of nitrogens with zero attached hydrogens (tertiary/aromatic N) is 1. The topological polar surface area (TPSA) is 36.5 Å². The van der Waals surface area contributed by atoms with Crippen molar-refractivity contribution in [2.45, 2.75) is 44.9 Å². The minimum atomic E-state index is 0.698. The fourth-order valence-electron chi connectivity index (χ4n) is 4.24. The number of hydrazine groups is 1. The van der Waals surface area contributed by atoms with Gasteiger partial charge in [-0.2, -0.15) is 0 Å². The number of fused-ring (bicyclic) bond motifs is 1. The Morgan fingerprint density at radius 3 is 2.93 bits per heavy atom. The van der Waals surface area contributed by atoms with Crippen LogP contribution in [0.4, 0.5) is 5.69 Å². The van der Waals surface area contributed by atoms with Crippen molar-refractivity contribution in [1.29, 1.82) is 0 Å². The Balaban J connectivity index is 1.11. The number of nitrogens with one attached hydrogen (secondary N) is 2. The second-order valence-electron chi connectivity index (χ2n) is 8.21. The van der Waals surface area contributed by atoms with E-state index in [2.05, 4.69) is 71.3 Å². The van der Waals surface area contributed by atoms with Crippen molar-refractivity contribution in [2.24, 2.45) is 0 Å². The average molecular weight is 392 g/mol. The first-order chi connectivity index (χ1) is 14.3. The predicted octanol–water partition coefficient (Wildman–Crippen LogP) is 4.78. The Kier molecular flexibility index (Phi) is 6.86. The summed E-state index contributed by atoms with van der Waals surface area (Å²) in [6, 6.07) is 17.1. The third-order valence-electron chi connectivity index (χ3n) is 5.92. The Morgan fingerprint density at radius 2 is 2.03 bits per heavy atom. The van der Waals surface area contributed by atoms with Gasteiger partial charge < -0.3 is 10.1 Å². The van der Waals surface area contributed by atoms with Crippen molar-refractivity contribution in [2.75, 3.05) is 31.3 Å². The Hall–Kier alpha value is -2.30. The predicted molar refractivity (Wildman–Crippen MR) is 120 cm³/mol. The van der Waals surface area contributed by atoms with Crippen LogP contribution in [0.25, 0.3) is 0 Å². The molecular formula is C25H33N3O. The lowest BCUT2D eigenvalue weighted by Crippen LogP contribution is -2.28. The minimum Gasteiger partial charge on any atom is -0.494 e. The summed E-state index contributed by atoms with van der Waals surface area (Å²) in [5, 5.41) is 5.65. The van der Waals surface area contributed by atoms with Crippen molar-refractivity contribution in [3.05, 3.63) is 71.4 Å². The largest absolute Gasteiger partial charge is 0.494 e. The lowest BCUT2D eigenvalue weighted by Gasteiger charge is -2.22. The lowest BCUT2D eigenvalue weighted by atomic mass is 9.84. The molecule has 1 aliphatic heterocycles. The smallest absolute Gasteiger partial charge is 0.119 e. The van der Waals surface area contributed by atoms with Gasteiger partial charge in [-0.1, -0.05) is 31.2 Å². The van der Waals surface area contributed by atoms with Crippen LogP contribution in [-0.2, 0) is 6.42 Å². The number of anilines is 1. The summed E-state index contributed by atoms with van der Waals surface area (Å²) < 4.78 is 5.99. The highest BCUT2D eigenvalue weighted by atomic mass is 16.5. The number of rotatable bonds is 9. The Bertz CT molecular complexity index is 818. The van der Waals surface area contributed by atoms with Crippen LogP contribution >= 0.6 is 0 Å². The summed E-state index contributed by atoms with van der Waals surface area (Å²) >= 11 is 0. The molecule has 0 amide bonds. The lowest BCUT2D eigenvalue weighted by molar-refractivity contribution is 0.305. The second-order valence-corrected chi connectivity index (χ2v) is 8.21.